The molecule has 1 heterocycles. The first-order valence-electron chi connectivity index (χ1n) is 2.68. The van der Waals surface area contributed by atoms with Gasteiger partial charge in [0, 0.05) is 0 Å². The van der Waals surface area contributed by atoms with Gasteiger partial charge >= 0.3 is 0 Å². The Balaban J connectivity index is 2.92. The van der Waals surface area contributed by atoms with Crippen molar-refractivity contribution in [2.45, 2.75) is 9.10 Å². The summed E-state index contributed by atoms with van der Waals surface area (Å²) in [5.41, 5.74) is 0. The molecular weight excluding hydrogens is 184 g/mol. The van der Waals surface area contributed by atoms with Gasteiger partial charge in [-0.2, -0.15) is 0 Å². The maximum atomic E-state index is 5.06. The zero-order valence-corrected chi connectivity index (χ0v) is 8.28. The van der Waals surface area contributed by atoms with Crippen molar-refractivity contribution >= 4 is 35.7 Å². The second-order valence-corrected chi connectivity index (χ2v) is 4.25. The smallest absolute Gasteiger partial charge is 0.188 e. The van der Waals surface area contributed by atoms with Crippen LogP contribution in [0.3, 0.4) is 0 Å². The molecule has 56 valence electrons. The molecule has 0 saturated heterocycles. The van der Waals surface area contributed by atoms with Gasteiger partial charge in [-0.25, -0.2) is 0 Å². The number of thiol groups is 1. The number of hydrogen-bond acceptors (Lipinski definition) is 4. The van der Waals surface area contributed by atoms with E-state index in [0.717, 1.165) is 9.96 Å². The van der Waals surface area contributed by atoms with Crippen LogP contribution in [-0.2, 0) is 0 Å². The number of methoxy groups -OCH3 is 1. The van der Waals surface area contributed by atoms with Crippen molar-refractivity contribution in [1.82, 2.24) is 0 Å². The lowest BCUT2D eigenvalue weighted by Gasteiger charge is -1.91. The van der Waals surface area contributed by atoms with Gasteiger partial charge in [0.05, 0.1) is 16.2 Å². The van der Waals surface area contributed by atoms with Crippen LogP contribution >= 0.6 is 35.7 Å². The van der Waals surface area contributed by atoms with E-state index in [1.807, 2.05) is 12.3 Å². The van der Waals surface area contributed by atoms with Gasteiger partial charge < -0.3 is 4.74 Å². The standard InChI is InChI=1S/C6H8OS3/c1-7-6-4(8)3-5(9-2)10-6/h3,8H,1-2H3. The maximum Gasteiger partial charge on any atom is 0.188 e. The van der Waals surface area contributed by atoms with Gasteiger partial charge in [0.15, 0.2) is 5.06 Å². The van der Waals surface area contributed by atoms with Crippen LogP contribution in [0.4, 0.5) is 0 Å². The zero-order chi connectivity index (χ0) is 7.56. The van der Waals surface area contributed by atoms with Crippen molar-refractivity contribution in [2.75, 3.05) is 13.4 Å². The number of thioether (sulfide) groups is 1. The lowest BCUT2D eigenvalue weighted by atomic mass is 10.6. The topological polar surface area (TPSA) is 9.23 Å². The monoisotopic (exact) mass is 192 g/mol. The summed E-state index contributed by atoms with van der Waals surface area (Å²) < 4.78 is 6.29. The molecule has 0 unspecified atom stereocenters. The van der Waals surface area contributed by atoms with E-state index in [0.29, 0.717) is 0 Å². The highest BCUT2D eigenvalue weighted by molar-refractivity contribution is 8.00. The van der Waals surface area contributed by atoms with Crippen LogP contribution in [0.25, 0.3) is 0 Å². The molecule has 0 aliphatic carbocycles. The summed E-state index contributed by atoms with van der Waals surface area (Å²) in [6, 6.07) is 2.01. The summed E-state index contributed by atoms with van der Waals surface area (Å²) in [4.78, 5) is 0.928. The summed E-state index contributed by atoms with van der Waals surface area (Å²) in [5, 5.41) is 0.896. The molecule has 0 radical (unpaired) electrons. The number of thiophene rings is 1. The van der Waals surface area contributed by atoms with E-state index in [4.69, 9.17) is 4.74 Å². The number of ether oxygens (including phenoxy) is 1. The Kier molecular flexibility index (Phi) is 2.95. The zero-order valence-electron chi connectivity index (χ0n) is 5.75. The Labute approximate surface area is 74.2 Å². The lowest BCUT2D eigenvalue weighted by molar-refractivity contribution is 0.418. The van der Waals surface area contributed by atoms with Crippen molar-refractivity contribution < 1.29 is 4.74 Å². The fourth-order valence-corrected chi connectivity index (χ4v) is 2.52. The molecule has 0 aliphatic heterocycles. The molecular formula is C6H8OS3. The molecule has 0 aromatic carbocycles. The van der Waals surface area contributed by atoms with Crippen molar-refractivity contribution in [3.63, 3.8) is 0 Å². The highest BCUT2D eigenvalue weighted by Gasteiger charge is 2.03. The predicted molar refractivity (Wildman–Crippen MR) is 49.9 cm³/mol. The summed E-state index contributed by atoms with van der Waals surface area (Å²) in [6.45, 7) is 0. The fraction of sp³-hybridized carbons (Fsp3) is 0.333. The van der Waals surface area contributed by atoms with Gasteiger partial charge in [-0.05, 0) is 12.3 Å². The van der Waals surface area contributed by atoms with E-state index in [1.54, 1.807) is 30.2 Å². The Morgan fingerprint density at radius 1 is 1.70 bits per heavy atom. The summed E-state index contributed by atoms with van der Waals surface area (Å²) in [6.07, 6.45) is 2.04. The SMILES string of the molecule is COc1sc(SC)cc1S. The van der Waals surface area contributed by atoms with Crippen molar-refractivity contribution in [2.24, 2.45) is 0 Å². The molecule has 0 saturated carbocycles. The second kappa shape index (κ2) is 3.55. The quantitative estimate of drug-likeness (QED) is 0.570. The average molecular weight is 192 g/mol. The van der Waals surface area contributed by atoms with Crippen LogP contribution in [0.2, 0.25) is 0 Å². The second-order valence-electron chi connectivity index (χ2n) is 1.65. The van der Waals surface area contributed by atoms with Crippen molar-refractivity contribution in [3.05, 3.63) is 6.07 Å². The molecule has 0 amide bonds. The van der Waals surface area contributed by atoms with Crippen molar-refractivity contribution in [3.8, 4) is 5.06 Å². The summed E-state index contributed by atoms with van der Waals surface area (Å²) in [5.74, 6) is 0. The molecule has 0 fully saturated rings. The van der Waals surface area contributed by atoms with Gasteiger partial charge in [-0.3, -0.25) is 0 Å². The van der Waals surface area contributed by atoms with Crippen LogP contribution in [0.5, 0.6) is 5.06 Å². The molecule has 0 bridgehead atoms. The van der Waals surface area contributed by atoms with Gasteiger partial charge in [0.2, 0.25) is 0 Å². The molecule has 1 aromatic rings. The van der Waals surface area contributed by atoms with Gasteiger partial charge in [0.1, 0.15) is 0 Å². The van der Waals surface area contributed by atoms with Crippen LogP contribution in [0.15, 0.2) is 15.2 Å². The van der Waals surface area contributed by atoms with E-state index >= 15 is 0 Å². The van der Waals surface area contributed by atoms with Crippen molar-refractivity contribution in [1.29, 1.82) is 0 Å². The normalized spacial score (nSPS) is 9.90. The minimum Gasteiger partial charge on any atom is -0.486 e. The highest BCUT2D eigenvalue weighted by atomic mass is 32.2. The first-order chi connectivity index (χ1) is 4.77. The van der Waals surface area contributed by atoms with E-state index in [1.165, 1.54) is 4.21 Å². The molecule has 0 N–H and O–H groups in total. The number of hydrogen-bond donors (Lipinski definition) is 1. The van der Waals surface area contributed by atoms with E-state index in [-0.39, 0.29) is 0 Å². The molecule has 0 aliphatic rings. The third-order valence-electron chi connectivity index (χ3n) is 1.04. The Bertz CT molecular complexity index is 219. The van der Waals surface area contributed by atoms with E-state index < -0.39 is 0 Å². The maximum absolute atomic E-state index is 5.06. The molecule has 1 rings (SSSR count). The molecule has 4 heteroatoms. The molecule has 0 spiro atoms. The number of rotatable bonds is 2. The van der Waals surface area contributed by atoms with E-state index in [9.17, 15) is 0 Å². The largest absolute Gasteiger partial charge is 0.486 e. The molecule has 0 atom stereocenters. The lowest BCUT2D eigenvalue weighted by Crippen LogP contribution is -1.75. The van der Waals surface area contributed by atoms with E-state index in [2.05, 4.69) is 12.6 Å². The molecule has 1 aromatic heterocycles. The summed E-state index contributed by atoms with van der Waals surface area (Å²) >= 11 is 7.56. The van der Waals surface area contributed by atoms with Gasteiger partial charge in [0.25, 0.3) is 0 Å². The third kappa shape index (κ3) is 1.62. The molecule has 10 heavy (non-hydrogen) atoms. The van der Waals surface area contributed by atoms with Crippen LogP contribution in [0, 0.1) is 0 Å². The minimum absolute atomic E-state index is 0.896. The average Bonchev–Trinajstić information content (AvgIpc) is 2.30. The first kappa shape index (κ1) is 8.30. The van der Waals surface area contributed by atoms with Crippen LogP contribution in [-0.4, -0.2) is 13.4 Å². The predicted octanol–water partition coefficient (Wildman–Crippen LogP) is 2.77. The summed E-state index contributed by atoms with van der Waals surface area (Å²) in [7, 11) is 1.66. The third-order valence-corrected chi connectivity index (χ3v) is 3.69. The van der Waals surface area contributed by atoms with Gasteiger partial charge in [-0.15, -0.1) is 24.4 Å². The first-order valence-corrected chi connectivity index (χ1v) is 5.17. The Morgan fingerprint density at radius 3 is 2.70 bits per heavy atom. The minimum atomic E-state index is 0.896. The fourth-order valence-electron chi connectivity index (χ4n) is 0.590. The van der Waals surface area contributed by atoms with Crippen LogP contribution < -0.4 is 4.74 Å². The Morgan fingerprint density at radius 2 is 2.40 bits per heavy atom. The molecule has 1 nitrogen and oxygen atoms in total. The van der Waals surface area contributed by atoms with Gasteiger partial charge in [-0.1, -0.05) is 11.3 Å². The van der Waals surface area contributed by atoms with Crippen LogP contribution in [0.1, 0.15) is 0 Å². The highest BCUT2D eigenvalue weighted by Crippen LogP contribution is 2.37. The Hall–Kier alpha value is 0.200.